The number of methoxy groups -OCH3 is 1. The number of aromatic amines is 1. The number of carbonyl (C=O) groups is 1. The smallest absolute Gasteiger partial charge is 0.183 e. The third kappa shape index (κ3) is 2.96. The van der Waals surface area contributed by atoms with Gasteiger partial charge in [0, 0.05) is 33.2 Å². The first-order chi connectivity index (χ1) is 11.4. The third-order valence-electron chi connectivity index (χ3n) is 4.10. The highest BCUT2D eigenvalue weighted by Crippen LogP contribution is 2.37. The number of nitrogens with one attached hydrogen (secondary N) is 1. The summed E-state index contributed by atoms with van der Waals surface area (Å²) in [6.07, 6.45) is 1.77. The van der Waals surface area contributed by atoms with Crippen molar-refractivity contribution in [3.05, 3.63) is 63.8 Å². The first-order valence-corrected chi connectivity index (χ1v) is 8.81. The summed E-state index contributed by atoms with van der Waals surface area (Å²) in [5.74, 6) is 0.566. The van der Waals surface area contributed by atoms with Crippen LogP contribution in [0, 0.1) is 13.8 Å². The third-order valence-corrected chi connectivity index (χ3v) is 5.24. The Morgan fingerprint density at radius 1 is 1.25 bits per heavy atom. The number of Topliss-reactive ketones (excluding diaryl/α,β-unsaturated/α-hetero) is 1. The molecule has 0 saturated carbocycles. The van der Waals surface area contributed by atoms with Crippen LogP contribution in [-0.2, 0) is 0 Å². The molecule has 3 rings (SSSR count). The van der Waals surface area contributed by atoms with Gasteiger partial charge in [0.2, 0.25) is 0 Å². The first-order valence-electron chi connectivity index (χ1n) is 7.52. The Kier molecular flexibility index (Phi) is 4.70. The maximum absolute atomic E-state index is 13.0. The molecule has 0 radical (unpaired) electrons. The number of ketones is 1. The van der Waals surface area contributed by atoms with E-state index in [0.29, 0.717) is 16.3 Å². The Bertz CT molecular complexity index is 933. The molecule has 3 aromatic rings. The Morgan fingerprint density at radius 2 is 2.00 bits per heavy atom. The van der Waals surface area contributed by atoms with E-state index in [-0.39, 0.29) is 5.78 Å². The Hall–Kier alpha value is -1.78. The van der Waals surface area contributed by atoms with E-state index in [1.165, 1.54) is 0 Å². The summed E-state index contributed by atoms with van der Waals surface area (Å²) in [5, 5.41) is 1.51. The molecule has 0 aliphatic heterocycles. The van der Waals surface area contributed by atoms with E-state index < -0.39 is 4.83 Å². The van der Waals surface area contributed by atoms with Gasteiger partial charge in [-0.2, -0.15) is 0 Å². The number of rotatable bonds is 4. The van der Waals surface area contributed by atoms with E-state index in [1.54, 1.807) is 25.4 Å². The van der Waals surface area contributed by atoms with Gasteiger partial charge in [-0.15, -0.1) is 0 Å². The van der Waals surface area contributed by atoms with E-state index in [1.807, 2.05) is 26.0 Å². The highest BCUT2D eigenvalue weighted by molar-refractivity contribution is 9.09. The predicted molar refractivity (Wildman–Crippen MR) is 102 cm³/mol. The summed E-state index contributed by atoms with van der Waals surface area (Å²) in [6.45, 7) is 4.06. The van der Waals surface area contributed by atoms with Gasteiger partial charge in [-0.1, -0.05) is 45.2 Å². The summed E-state index contributed by atoms with van der Waals surface area (Å²) >= 11 is 9.53. The van der Waals surface area contributed by atoms with Crippen LogP contribution in [0.25, 0.3) is 10.9 Å². The van der Waals surface area contributed by atoms with Crippen LogP contribution in [0.5, 0.6) is 5.75 Å². The molecule has 0 amide bonds. The number of fused-ring (bicyclic) bond motifs is 1. The summed E-state index contributed by atoms with van der Waals surface area (Å²) < 4.78 is 5.37. The van der Waals surface area contributed by atoms with Gasteiger partial charge >= 0.3 is 0 Å². The number of aromatic nitrogens is 1. The second kappa shape index (κ2) is 6.61. The van der Waals surface area contributed by atoms with Gasteiger partial charge in [0.25, 0.3) is 0 Å². The lowest BCUT2D eigenvalue weighted by molar-refractivity contribution is 0.0992. The number of benzene rings is 2. The Balaban J connectivity index is 2.06. The van der Waals surface area contributed by atoms with Gasteiger partial charge in [-0.25, -0.2) is 0 Å². The molecule has 1 unspecified atom stereocenters. The van der Waals surface area contributed by atoms with Crippen molar-refractivity contribution in [2.24, 2.45) is 0 Å². The highest BCUT2D eigenvalue weighted by Gasteiger charge is 2.25. The number of halogens is 2. The number of alkyl halides is 1. The molecule has 0 aliphatic carbocycles. The predicted octanol–water partition coefficient (Wildman–Crippen LogP) is 5.77. The summed E-state index contributed by atoms with van der Waals surface area (Å²) in [7, 11) is 1.57. The zero-order valence-electron chi connectivity index (χ0n) is 13.6. The van der Waals surface area contributed by atoms with Gasteiger partial charge in [0.15, 0.2) is 5.78 Å². The molecule has 2 aromatic carbocycles. The van der Waals surface area contributed by atoms with Crippen LogP contribution < -0.4 is 4.74 Å². The zero-order chi connectivity index (χ0) is 17.4. The number of ether oxygens (including phenoxy) is 1. The van der Waals surface area contributed by atoms with E-state index in [2.05, 4.69) is 27.0 Å². The van der Waals surface area contributed by atoms with Crippen LogP contribution in [0.2, 0.25) is 5.02 Å². The van der Waals surface area contributed by atoms with Crippen molar-refractivity contribution >= 4 is 44.2 Å². The van der Waals surface area contributed by atoms with E-state index >= 15 is 0 Å². The molecule has 1 atom stereocenters. The normalized spacial score (nSPS) is 12.4. The molecule has 3 nitrogen and oxygen atoms in total. The minimum absolute atomic E-state index is 0.0214. The highest BCUT2D eigenvalue weighted by atomic mass is 79.9. The standard InChI is InChI=1S/C19H17BrClNO2/c1-10-6-11(2)18-14(7-10)15(9-22-18)19(23)17(20)13-5-4-12(21)8-16(13)24-3/h4-9,17,22H,1-3H3. The van der Waals surface area contributed by atoms with Gasteiger partial charge in [-0.3, -0.25) is 4.79 Å². The molecule has 5 heteroatoms. The Labute approximate surface area is 154 Å². The van der Waals surface area contributed by atoms with Crippen LogP contribution in [0.15, 0.2) is 36.5 Å². The lowest BCUT2D eigenvalue weighted by Gasteiger charge is -2.13. The fourth-order valence-corrected chi connectivity index (χ4v) is 3.76. The van der Waals surface area contributed by atoms with Crippen molar-refractivity contribution < 1.29 is 9.53 Å². The monoisotopic (exact) mass is 405 g/mol. The fraction of sp³-hybridized carbons (Fsp3) is 0.211. The van der Waals surface area contributed by atoms with Gasteiger partial charge in [0.1, 0.15) is 10.6 Å². The van der Waals surface area contributed by atoms with Crippen molar-refractivity contribution in [2.45, 2.75) is 18.7 Å². The number of carbonyl (C=O) groups excluding carboxylic acids is 1. The lowest BCUT2D eigenvalue weighted by atomic mass is 9.99. The number of aryl methyl sites for hydroxylation is 2. The van der Waals surface area contributed by atoms with Gasteiger partial charge < -0.3 is 9.72 Å². The van der Waals surface area contributed by atoms with Crippen LogP contribution >= 0.6 is 27.5 Å². The molecule has 1 aromatic heterocycles. The molecule has 124 valence electrons. The van der Waals surface area contributed by atoms with E-state index in [4.69, 9.17) is 16.3 Å². The second-order valence-electron chi connectivity index (χ2n) is 5.82. The second-order valence-corrected chi connectivity index (χ2v) is 7.17. The van der Waals surface area contributed by atoms with Crippen molar-refractivity contribution in [3.63, 3.8) is 0 Å². The minimum atomic E-state index is -0.510. The van der Waals surface area contributed by atoms with Gasteiger partial charge in [-0.05, 0) is 37.6 Å². The summed E-state index contributed by atoms with van der Waals surface area (Å²) in [4.78, 5) is 15.7. The van der Waals surface area contributed by atoms with Crippen LogP contribution in [0.3, 0.4) is 0 Å². The maximum atomic E-state index is 13.0. The number of hydrogen-bond donors (Lipinski definition) is 1. The topological polar surface area (TPSA) is 42.1 Å². The molecule has 0 spiro atoms. The molecule has 0 saturated heterocycles. The fourth-order valence-electron chi connectivity index (χ4n) is 2.97. The Morgan fingerprint density at radius 3 is 2.71 bits per heavy atom. The zero-order valence-corrected chi connectivity index (χ0v) is 16.0. The molecular weight excluding hydrogens is 390 g/mol. The molecule has 0 fully saturated rings. The van der Waals surface area contributed by atoms with Crippen molar-refractivity contribution in [2.75, 3.05) is 7.11 Å². The largest absolute Gasteiger partial charge is 0.496 e. The average Bonchev–Trinajstić information content (AvgIpc) is 2.97. The van der Waals surface area contributed by atoms with Crippen LogP contribution in [-0.4, -0.2) is 17.9 Å². The van der Waals surface area contributed by atoms with E-state index in [9.17, 15) is 4.79 Å². The molecule has 0 aliphatic rings. The minimum Gasteiger partial charge on any atom is -0.496 e. The van der Waals surface area contributed by atoms with Crippen molar-refractivity contribution in [1.29, 1.82) is 0 Å². The van der Waals surface area contributed by atoms with Crippen LogP contribution in [0.4, 0.5) is 0 Å². The molecular formula is C19H17BrClNO2. The van der Waals surface area contributed by atoms with Crippen molar-refractivity contribution in [1.82, 2.24) is 4.98 Å². The SMILES string of the molecule is COc1cc(Cl)ccc1C(Br)C(=O)c1c[nH]c2c(C)cc(C)cc12. The molecule has 24 heavy (non-hydrogen) atoms. The van der Waals surface area contributed by atoms with Crippen molar-refractivity contribution in [3.8, 4) is 5.75 Å². The van der Waals surface area contributed by atoms with Gasteiger partial charge in [0.05, 0.1) is 7.11 Å². The van der Waals surface area contributed by atoms with E-state index in [0.717, 1.165) is 27.6 Å². The summed E-state index contributed by atoms with van der Waals surface area (Å²) in [6, 6.07) is 9.40. The maximum Gasteiger partial charge on any atom is 0.183 e. The number of H-pyrrole nitrogens is 1. The molecule has 1 heterocycles. The van der Waals surface area contributed by atoms with Crippen LogP contribution in [0.1, 0.15) is 31.9 Å². The number of hydrogen-bond acceptors (Lipinski definition) is 2. The molecule has 0 bridgehead atoms. The quantitative estimate of drug-likeness (QED) is 0.442. The first kappa shape index (κ1) is 17.1. The summed E-state index contributed by atoms with van der Waals surface area (Å²) in [5.41, 5.74) is 4.66. The average molecular weight is 407 g/mol. The molecule has 1 N–H and O–H groups in total. The lowest BCUT2D eigenvalue weighted by Crippen LogP contribution is -2.08.